The lowest BCUT2D eigenvalue weighted by atomic mass is 10.1. The molecule has 3 rings (SSSR count). The van der Waals surface area contributed by atoms with Crippen LogP contribution in [0.4, 0.5) is 5.69 Å². The number of aryl methyl sites for hydroxylation is 1. The van der Waals surface area contributed by atoms with E-state index in [9.17, 15) is 14.7 Å². The average molecular weight is 413 g/mol. The van der Waals surface area contributed by atoms with Gasteiger partial charge >= 0.3 is 0 Å². The van der Waals surface area contributed by atoms with Crippen LogP contribution in [0.15, 0.2) is 84.5 Å². The Morgan fingerprint density at radius 1 is 1.03 bits per heavy atom. The van der Waals surface area contributed by atoms with Gasteiger partial charge in [-0.15, -0.1) is 6.58 Å². The van der Waals surface area contributed by atoms with E-state index in [4.69, 9.17) is 0 Å². The number of hydrogen-bond donors (Lipinski definition) is 3. The Hall–Kier alpha value is -4.19. The van der Waals surface area contributed by atoms with Crippen LogP contribution in [0.2, 0.25) is 0 Å². The maximum Gasteiger partial charge on any atom is 0.271 e. The molecule has 0 aliphatic rings. The normalized spacial score (nSPS) is 10.6. The number of para-hydroxylation sites is 1. The maximum absolute atomic E-state index is 12.5. The van der Waals surface area contributed by atoms with Gasteiger partial charge in [0, 0.05) is 22.4 Å². The minimum atomic E-state index is -0.440. The highest BCUT2D eigenvalue weighted by atomic mass is 16.3. The standard InChI is InChI=1S/C25H23N3O3/c1-3-8-18-10-6-12-20(23(18)29)16-26-28-24(30)19-11-7-13-21(15-19)27-25(31)22-14-5-4-9-17(22)2/h3-7,9-16,29H,1,8H2,2H3,(H,27,31)(H,28,30)/b26-16+. The monoisotopic (exact) mass is 413 g/mol. The van der Waals surface area contributed by atoms with Crippen molar-refractivity contribution in [3.63, 3.8) is 0 Å². The highest BCUT2D eigenvalue weighted by molar-refractivity contribution is 6.06. The van der Waals surface area contributed by atoms with E-state index in [2.05, 4.69) is 22.4 Å². The summed E-state index contributed by atoms with van der Waals surface area (Å²) < 4.78 is 0. The Morgan fingerprint density at radius 3 is 2.58 bits per heavy atom. The highest BCUT2D eigenvalue weighted by Gasteiger charge is 2.11. The Kier molecular flexibility index (Phi) is 6.96. The summed E-state index contributed by atoms with van der Waals surface area (Å²) in [6.07, 6.45) is 3.60. The van der Waals surface area contributed by atoms with Crippen molar-refractivity contribution < 1.29 is 14.7 Å². The molecule has 0 aliphatic carbocycles. The minimum absolute atomic E-state index is 0.0984. The predicted molar refractivity (Wildman–Crippen MR) is 123 cm³/mol. The van der Waals surface area contributed by atoms with Crippen molar-refractivity contribution in [2.24, 2.45) is 5.10 Å². The number of amides is 2. The van der Waals surface area contributed by atoms with Gasteiger partial charge in [-0.2, -0.15) is 5.10 Å². The van der Waals surface area contributed by atoms with Gasteiger partial charge in [0.05, 0.1) is 6.21 Å². The minimum Gasteiger partial charge on any atom is -0.507 e. The molecule has 0 fully saturated rings. The van der Waals surface area contributed by atoms with Gasteiger partial charge in [0.1, 0.15) is 5.75 Å². The summed E-state index contributed by atoms with van der Waals surface area (Å²) in [5, 5.41) is 17.0. The van der Waals surface area contributed by atoms with Crippen LogP contribution in [-0.4, -0.2) is 23.1 Å². The number of nitrogens with zero attached hydrogens (tertiary/aromatic N) is 1. The van der Waals surface area contributed by atoms with Crippen molar-refractivity contribution >= 4 is 23.7 Å². The lowest BCUT2D eigenvalue weighted by molar-refractivity contribution is 0.0953. The Bertz CT molecular complexity index is 1150. The molecule has 0 saturated carbocycles. The van der Waals surface area contributed by atoms with E-state index >= 15 is 0 Å². The van der Waals surface area contributed by atoms with Crippen LogP contribution in [-0.2, 0) is 6.42 Å². The largest absolute Gasteiger partial charge is 0.507 e. The third-order valence-electron chi connectivity index (χ3n) is 4.66. The van der Waals surface area contributed by atoms with Gasteiger partial charge in [-0.25, -0.2) is 5.43 Å². The van der Waals surface area contributed by atoms with Crippen LogP contribution >= 0.6 is 0 Å². The number of nitrogens with one attached hydrogen (secondary N) is 2. The number of rotatable bonds is 7. The van der Waals surface area contributed by atoms with Gasteiger partial charge < -0.3 is 10.4 Å². The van der Waals surface area contributed by atoms with Crippen LogP contribution in [0.1, 0.15) is 37.4 Å². The molecule has 6 nitrogen and oxygen atoms in total. The summed E-state index contributed by atoms with van der Waals surface area (Å²) in [6.45, 7) is 5.53. The van der Waals surface area contributed by atoms with E-state index in [-0.39, 0.29) is 11.7 Å². The molecule has 2 amide bonds. The second-order valence-corrected chi connectivity index (χ2v) is 6.90. The van der Waals surface area contributed by atoms with Crippen LogP contribution in [0, 0.1) is 6.92 Å². The Morgan fingerprint density at radius 2 is 1.81 bits per heavy atom. The first-order valence-corrected chi connectivity index (χ1v) is 9.72. The van der Waals surface area contributed by atoms with Gasteiger partial charge in [-0.3, -0.25) is 9.59 Å². The number of allylic oxidation sites excluding steroid dienone is 1. The molecule has 0 aliphatic heterocycles. The number of phenolic OH excluding ortho intramolecular Hbond substituents is 1. The molecule has 156 valence electrons. The summed E-state index contributed by atoms with van der Waals surface area (Å²) in [6, 6.07) is 19.1. The van der Waals surface area contributed by atoms with Crippen LogP contribution in [0.25, 0.3) is 0 Å². The average Bonchev–Trinajstić information content (AvgIpc) is 2.76. The first-order valence-electron chi connectivity index (χ1n) is 9.72. The number of hydrazone groups is 1. The highest BCUT2D eigenvalue weighted by Crippen LogP contribution is 2.21. The second kappa shape index (κ2) is 10.0. The zero-order valence-electron chi connectivity index (χ0n) is 17.1. The molecule has 0 atom stereocenters. The number of anilines is 1. The molecule has 0 bridgehead atoms. The predicted octanol–water partition coefficient (Wildman–Crippen LogP) is 4.45. The van der Waals surface area contributed by atoms with Gasteiger partial charge in [-0.05, 0) is 54.8 Å². The van der Waals surface area contributed by atoms with E-state index in [1.54, 1.807) is 60.7 Å². The van der Waals surface area contributed by atoms with E-state index < -0.39 is 5.91 Å². The quantitative estimate of drug-likeness (QED) is 0.304. The van der Waals surface area contributed by atoms with Gasteiger partial charge in [0.25, 0.3) is 11.8 Å². The molecule has 0 aromatic heterocycles. The first kappa shape index (κ1) is 21.5. The van der Waals surface area contributed by atoms with E-state index in [0.29, 0.717) is 28.8 Å². The van der Waals surface area contributed by atoms with E-state index in [1.165, 1.54) is 6.21 Å². The zero-order valence-corrected chi connectivity index (χ0v) is 17.1. The van der Waals surface area contributed by atoms with E-state index in [1.807, 2.05) is 19.1 Å². The molecule has 31 heavy (non-hydrogen) atoms. The maximum atomic E-state index is 12.5. The molecular weight excluding hydrogens is 390 g/mol. The summed E-state index contributed by atoms with van der Waals surface area (Å²) >= 11 is 0. The van der Waals surface area contributed by atoms with Crippen molar-refractivity contribution in [2.45, 2.75) is 13.3 Å². The van der Waals surface area contributed by atoms with Crippen LogP contribution in [0.5, 0.6) is 5.75 Å². The zero-order chi connectivity index (χ0) is 22.2. The second-order valence-electron chi connectivity index (χ2n) is 6.90. The molecule has 0 radical (unpaired) electrons. The molecule has 6 heteroatoms. The van der Waals surface area contributed by atoms with Gasteiger partial charge in [0.15, 0.2) is 0 Å². The van der Waals surface area contributed by atoms with Crippen LogP contribution in [0.3, 0.4) is 0 Å². The van der Waals surface area contributed by atoms with Crippen LogP contribution < -0.4 is 10.7 Å². The fraction of sp³-hybridized carbons (Fsp3) is 0.0800. The third kappa shape index (κ3) is 5.45. The number of aromatic hydroxyl groups is 1. The molecule has 0 heterocycles. The fourth-order valence-corrected chi connectivity index (χ4v) is 3.02. The van der Waals surface area contributed by atoms with Gasteiger partial charge in [0.2, 0.25) is 0 Å². The summed E-state index contributed by atoms with van der Waals surface area (Å²) in [5.41, 5.74) is 5.91. The topological polar surface area (TPSA) is 90.8 Å². The lowest BCUT2D eigenvalue weighted by Gasteiger charge is -2.09. The first-order chi connectivity index (χ1) is 15.0. The molecular formula is C25H23N3O3. The van der Waals surface area contributed by atoms with Crippen molar-refractivity contribution in [2.75, 3.05) is 5.32 Å². The van der Waals surface area contributed by atoms with E-state index in [0.717, 1.165) is 11.1 Å². The Labute approximate surface area is 180 Å². The van der Waals surface area contributed by atoms with Crippen molar-refractivity contribution in [3.8, 4) is 5.75 Å². The fourth-order valence-electron chi connectivity index (χ4n) is 3.02. The number of phenols is 1. The number of carbonyl (C=O) groups excluding carboxylic acids is 2. The molecule has 0 saturated heterocycles. The van der Waals surface area contributed by atoms with Crippen molar-refractivity contribution in [1.29, 1.82) is 0 Å². The molecule has 3 N–H and O–H groups in total. The molecule has 0 spiro atoms. The summed E-state index contributed by atoms with van der Waals surface area (Å²) in [4.78, 5) is 24.9. The number of hydrogen-bond acceptors (Lipinski definition) is 4. The van der Waals surface area contributed by atoms with Crippen molar-refractivity contribution in [1.82, 2.24) is 5.43 Å². The SMILES string of the molecule is C=CCc1cccc(/C=N/NC(=O)c2cccc(NC(=O)c3ccccc3C)c2)c1O. The number of carbonyl (C=O) groups is 2. The smallest absolute Gasteiger partial charge is 0.271 e. The molecule has 3 aromatic rings. The summed E-state index contributed by atoms with van der Waals surface area (Å²) in [7, 11) is 0. The number of benzene rings is 3. The summed E-state index contributed by atoms with van der Waals surface area (Å²) in [5.74, 6) is -0.588. The molecule has 3 aromatic carbocycles. The Balaban J connectivity index is 1.67. The molecule has 0 unspecified atom stereocenters. The van der Waals surface area contributed by atoms with Gasteiger partial charge in [-0.1, -0.05) is 42.5 Å². The third-order valence-corrected chi connectivity index (χ3v) is 4.66. The lowest BCUT2D eigenvalue weighted by Crippen LogP contribution is -2.18. The van der Waals surface area contributed by atoms with Crippen molar-refractivity contribution in [3.05, 3.63) is 107 Å².